The second-order valence-corrected chi connectivity index (χ2v) is 8.82. The van der Waals surface area contributed by atoms with Gasteiger partial charge in [-0.3, -0.25) is 0 Å². The maximum Gasteiger partial charge on any atom is 0.183 e. The van der Waals surface area contributed by atoms with Crippen molar-refractivity contribution in [1.29, 1.82) is 0 Å². The van der Waals surface area contributed by atoms with Crippen molar-refractivity contribution >= 4 is 27.4 Å². The van der Waals surface area contributed by atoms with E-state index in [1.165, 1.54) is 11.1 Å². The number of hydrogen-bond donors (Lipinski definition) is 1. The van der Waals surface area contributed by atoms with Gasteiger partial charge in [0.15, 0.2) is 5.13 Å². The second-order valence-electron chi connectivity index (χ2n) is 7.96. The summed E-state index contributed by atoms with van der Waals surface area (Å²) in [6.45, 7) is 14.6. The molecule has 4 nitrogen and oxygen atoms in total. The Morgan fingerprint density at radius 1 is 1.08 bits per heavy atom. The van der Waals surface area contributed by atoms with Gasteiger partial charge in [0.25, 0.3) is 0 Å². The third-order valence-corrected chi connectivity index (χ3v) is 4.84. The zero-order chi connectivity index (χ0) is 19.1. The highest BCUT2D eigenvalue weighted by Gasteiger charge is 2.18. The van der Waals surface area contributed by atoms with Gasteiger partial charge in [-0.15, -0.1) is 11.3 Å². The molecule has 138 valence electrons. The molecule has 0 unspecified atom stereocenters. The van der Waals surface area contributed by atoms with Crippen molar-refractivity contribution in [2.24, 2.45) is 0 Å². The lowest BCUT2D eigenvalue weighted by Crippen LogP contribution is -2.23. The Bertz CT molecular complexity index is 938. The lowest BCUT2D eigenvalue weighted by atomic mass is 10.0. The Hall–Kier alpha value is -2.14. The Balaban J connectivity index is 2.16. The number of ether oxygens (including phenoxy) is 1. The molecule has 0 aliphatic rings. The first-order valence-corrected chi connectivity index (χ1v) is 9.84. The maximum absolute atomic E-state index is 6.26. The van der Waals surface area contributed by atoms with Crippen LogP contribution in [-0.4, -0.2) is 21.6 Å². The number of hydrogen-bond acceptors (Lipinski definition) is 5. The molecule has 0 spiro atoms. The first kappa shape index (κ1) is 18.6. The van der Waals surface area contributed by atoms with Crippen molar-refractivity contribution in [1.82, 2.24) is 9.97 Å². The fraction of sp³-hybridized carbons (Fsp3) is 0.429. The number of pyridine rings is 1. The molecule has 0 radical (unpaired) electrons. The lowest BCUT2D eigenvalue weighted by Gasteiger charge is -2.23. The molecule has 0 amide bonds. The zero-order valence-electron chi connectivity index (χ0n) is 16.6. The van der Waals surface area contributed by atoms with Crippen molar-refractivity contribution in [3.8, 4) is 17.1 Å². The summed E-state index contributed by atoms with van der Waals surface area (Å²) in [6, 6.07) is 6.59. The van der Waals surface area contributed by atoms with Gasteiger partial charge in [-0.1, -0.05) is 6.07 Å². The van der Waals surface area contributed by atoms with Crippen LogP contribution in [0, 0.1) is 13.8 Å². The number of rotatable bonds is 4. The second kappa shape index (κ2) is 6.88. The minimum atomic E-state index is -0.281. The van der Waals surface area contributed by atoms with Gasteiger partial charge < -0.3 is 10.1 Å². The fourth-order valence-electron chi connectivity index (χ4n) is 2.75. The highest BCUT2D eigenvalue weighted by molar-refractivity contribution is 7.14. The van der Waals surface area contributed by atoms with E-state index in [2.05, 4.69) is 65.9 Å². The van der Waals surface area contributed by atoms with E-state index in [0.29, 0.717) is 6.04 Å². The van der Waals surface area contributed by atoms with Crippen molar-refractivity contribution in [2.45, 2.75) is 60.1 Å². The van der Waals surface area contributed by atoms with Crippen LogP contribution in [0.4, 0.5) is 5.13 Å². The van der Waals surface area contributed by atoms with E-state index in [0.717, 1.165) is 33.2 Å². The molecule has 0 atom stereocenters. The van der Waals surface area contributed by atoms with Gasteiger partial charge >= 0.3 is 0 Å². The molecule has 0 aliphatic heterocycles. The number of aryl methyl sites for hydroxylation is 2. The monoisotopic (exact) mass is 369 g/mol. The van der Waals surface area contributed by atoms with Gasteiger partial charge in [-0.2, -0.15) is 0 Å². The summed E-state index contributed by atoms with van der Waals surface area (Å²) >= 11 is 1.60. The minimum Gasteiger partial charge on any atom is -0.487 e. The number of fused-ring (bicyclic) bond motifs is 1. The number of benzene rings is 1. The average Bonchev–Trinajstić information content (AvgIpc) is 2.97. The normalized spacial score (nSPS) is 12.0. The molecule has 0 aliphatic carbocycles. The fourth-order valence-corrected chi connectivity index (χ4v) is 3.60. The van der Waals surface area contributed by atoms with Crippen molar-refractivity contribution < 1.29 is 4.74 Å². The first-order valence-electron chi connectivity index (χ1n) is 8.96. The van der Waals surface area contributed by atoms with Crippen LogP contribution >= 0.6 is 11.3 Å². The van der Waals surface area contributed by atoms with Crippen LogP contribution in [-0.2, 0) is 0 Å². The molecule has 2 aromatic heterocycles. The molecule has 0 saturated heterocycles. The molecule has 1 aromatic carbocycles. The Labute approximate surface area is 159 Å². The van der Waals surface area contributed by atoms with Gasteiger partial charge in [0, 0.05) is 22.9 Å². The summed E-state index contributed by atoms with van der Waals surface area (Å²) in [4.78, 5) is 9.63. The minimum absolute atomic E-state index is 0.281. The Kier molecular flexibility index (Phi) is 4.93. The first-order chi connectivity index (χ1) is 12.1. The average molecular weight is 370 g/mol. The van der Waals surface area contributed by atoms with Crippen LogP contribution in [0.1, 0.15) is 45.7 Å². The van der Waals surface area contributed by atoms with Crippen LogP contribution in [0.25, 0.3) is 22.3 Å². The molecule has 3 rings (SSSR count). The lowest BCUT2D eigenvalue weighted by molar-refractivity contribution is 0.133. The smallest absolute Gasteiger partial charge is 0.183 e. The van der Waals surface area contributed by atoms with E-state index in [-0.39, 0.29) is 5.60 Å². The quantitative estimate of drug-likeness (QED) is 0.615. The van der Waals surface area contributed by atoms with Gasteiger partial charge in [0.2, 0.25) is 0 Å². The van der Waals surface area contributed by atoms with Crippen molar-refractivity contribution in [2.75, 3.05) is 5.32 Å². The molecule has 2 heterocycles. The van der Waals surface area contributed by atoms with Crippen molar-refractivity contribution in [3.05, 3.63) is 34.7 Å². The van der Waals surface area contributed by atoms with Crippen LogP contribution in [0.5, 0.6) is 5.75 Å². The van der Waals surface area contributed by atoms with E-state index in [1.807, 2.05) is 11.4 Å². The predicted octanol–water partition coefficient (Wildman–Crippen LogP) is 5.97. The van der Waals surface area contributed by atoms with E-state index in [4.69, 9.17) is 14.7 Å². The molecule has 1 N–H and O–H groups in total. The number of aromatic nitrogens is 2. The summed E-state index contributed by atoms with van der Waals surface area (Å²) < 4.78 is 6.26. The van der Waals surface area contributed by atoms with E-state index in [9.17, 15) is 0 Å². The van der Waals surface area contributed by atoms with E-state index < -0.39 is 0 Å². The number of anilines is 1. The summed E-state index contributed by atoms with van der Waals surface area (Å²) in [5, 5.41) is 7.36. The highest BCUT2D eigenvalue weighted by Crippen LogP contribution is 2.35. The zero-order valence-corrected chi connectivity index (χ0v) is 17.4. The third kappa shape index (κ3) is 3.98. The standard InChI is InChI=1S/C21H27N3OS/c1-12(2)22-20-24-17(11-26-20)16-10-18(25-21(5,6)7)15-9-8-13(3)14(4)19(15)23-16/h8-12H,1-7H3,(H,22,24). The summed E-state index contributed by atoms with van der Waals surface area (Å²) in [5.41, 5.74) is 4.83. The number of nitrogens with one attached hydrogen (secondary N) is 1. The van der Waals surface area contributed by atoms with Gasteiger partial charge in [-0.05, 0) is 65.7 Å². The van der Waals surface area contributed by atoms with E-state index in [1.54, 1.807) is 11.3 Å². The van der Waals surface area contributed by atoms with Crippen LogP contribution in [0.15, 0.2) is 23.6 Å². The topological polar surface area (TPSA) is 47.0 Å². The maximum atomic E-state index is 6.26. The molecular weight excluding hydrogens is 342 g/mol. The summed E-state index contributed by atoms with van der Waals surface area (Å²) in [6.07, 6.45) is 0. The van der Waals surface area contributed by atoms with Crippen LogP contribution < -0.4 is 10.1 Å². The SMILES string of the molecule is Cc1ccc2c(OC(C)(C)C)cc(-c3csc(NC(C)C)n3)nc2c1C. The third-order valence-electron chi connectivity index (χ3n) is 4.06. The summed E-state index contributed by atoms with van der Waals surface area (Å²) in [5.74, 6) is 0.854. The van der Waals surface area contributed by atoms with Gasteiger partial charge in [0.05, 0.1) is 11.2 Å². The molecule has 3 aromatic rings. The molecule has 5 heteroatoms. The molecular formula is C21H27N3OS. The van der Waals surface area contributed by atoms with E-state index >= 15 is 0 Å². The predicted molar refractivity (Wildman–Crippen MR) is 111 cm³/mol. The molecule has 0 bridgehead atoms. The van der Waals surface area contributed by atoms with Gasteiger partial charge in [-0.25, -0.2) is 9.97 Å². The van der Waals surface area contributed by atoms with Crippen LogP contribution in [0.3, 0.4) is 0 Å². The number of nitrogens with zero attached hydrogens (tertiary/aromatic N) is 2. The molecule has 0 fully saturated rings. The molecule has 26 heavy (non-hydrogen) atoms. The van der Waals surface area contributed by atoms with Gasteiger partial charge in [0.1, 0.15) is 17.0 Å². The van der Waals surface area contributed by atoms with Crippen LogP contribution in [0.2, 0.25) is 0 Å². The van der Waals surface area contributed by atoms with Crippen molar-refractivity contribution in [3.63, 3.8) is 0 Å². The Morgan fingerprint density at radius 2 is 1.81 bits per heavy atom. The highest BCUT2D eigenvalue weighted by atomic mass is 32.1. The molecule has 0 saturated carbocycles. The number of thiazole rings is 1. The largest absolute Gasteiger partial charge is 0.487 e. The summed E-state index contributed by atoms with van der Waals surface area (Å²) in [7, 11) is 0. The Morgan fingerprint density at radius 3 is 2.46 bits per heavy atom.